The molecule has 0 saturated carbocycles. The van der Waals surface area contributed by atoms with Gasteiger partial charge in [0.1, 0.15) is 5.75 Å². The molecule has 0 aliphatic rings. The Morgan fingerprint density at radius 3 is 2.81 bits per heavy atom. The summed E-state index contributed by atoms with van der Waals surface area (Å²) in [5.74, 6) is 0.920. The largest absolute Gasteiger partial charge is 0.493 e. The van der Waals surface area contributed by atoms with Crippen LogP contribution in [-0.4, -0.2) is 6.61 Å². The van der Waals surface area contributed by atoms with Crippen molar-refractivity contribution in [3.8, 4) is 16.9 Å². The zero-order chi connectivity index (χ0) is 11.4. The van der Waals surface area contributed by atoms with Gasteiger partial charge in [0, 0.05) is 12.1 Å². The Hall–Kier alpha value is -1.32. The zero-order valence-electron chi connectivity index (χ0n) is 9.27. The topological polar surface area (TPSA) is 35.2 Å². The molecule has 2 rings (SSSR count). The van der Waals surface area contributed by atoms with Crippen molar-refractivity contribution in [1.82, 2.24) is 0 Å². The summed E-state index contributed by atoms with van der Waals surface area (Å²) in [6, 6.07) is 8.13. The molecule has 1 aromatic carbocycles. The lowest BCUT2D eigenvalue weighted by atomic mass is 10.0. The van der Waals surface area contributed by atoms with Crippen LogP contribution in [0.25, 0.3) is 11.1 Å². The van der Waals surface area contributed by atoms with Crippen molar-refractivity contribution in [2.24, 2.45) is 5.73 Å². The van der Waals surface area contributed by atoms with E-state index < -0.39 is 0 Å². The predicted octanol–water partition coefficient (Wildman–Crippen LogP) is 3.27. The lowest BCUT2D eigenvalue weighted by molar-refractivity contribution is 0.341. The molecule has 1 aromatic heterocycles. The average molecular weight is 233 g/mol. The van der Waals surface area contributed by atoms with Crippen LogP contribution in [0.1, 0.15) is 12.5 Å². The first kappa shape index (κ1) is 11.2. The van der Waals surface area contributed by atoms with Gasteiger partial charge in [-0.25, -0.2) is 0 Å². The van der Waals surface area contributed by atoms with Gasteiger partial charge in [-0.1, -0.05) is 12.1 Å². The highest BCUT2D eigenvalue weighted by molar-refractivity contribution is 7.08. The van der Waals surface area contributed by atoms with E-state index in [0.717, 1.165) is 16.9 Å². The standard InChI is InChI=1S/C13H15NOS/c1-2-15-12-5-3-4-10(8-14)13(12)11-6-7-16-9-11/h3-7,9H,2,8,14H2,1H3. The van der Waals surface area contributed by atoms with Crippen molar-refractivity contribution >= 4 is 11.3 Å². The molecule has 0 aliphatic heterocycles. The van der Waals surface area contributed by atoms with Gasteiger partial charge in [-0.3, -0.25) is 0 Å². The van der Waals surface area contributed by atoms with Crippen LogP contribution >= 0.6 is 11.3 Å². The number of hydrogen-bond donors (Lipinski definition) is 1. The van der Waals surface area contributed by atoms with Crippen LogP contribution in [0, 0.1) is 0 Å². The van der Waals surface area contributed by atoms with Crippen molar-refractivity contribution in [2.45, 2.75) is 13.5 Å². The van der Waals surface area contributed by atoms with Crippen molar-refractivity contribution in [3.05, 3.63) is 40.6 Å². The highest BCUT2D eigenvalue weighted by Gasteiger charge is 2.10. The molecule has 2 aromatic rings. The van der Waals surface area contributed by atoms with Gasteiger partial charge in [-0.05, 0) is 40.9 Å². The van der Waals surface area contributed by atoms with Crippen molar-refractivity contribution in [3.63, 3.8) is 0 Å². The van der Waals surface area contributed by atoms with Crippen LogP contribution in [0.2, 0.25) is 0 Å². The summed E-state index contributed by atoms with van der Waals surface area (Å²) in [6.07, 6.45) is 0. The van der Waals surface area contributed by atoms with Crippen LogP contribution < -0.4 is 10.5 Å². The molecule has 0 aliphatic carbocycles. The number of benzene rings is 1. The van der Waals surface area contributed by atoms with Crippen LogP contribution in [0.3, 0.4) is 0 Å². The molecular weight excluding hydrogens is 218 g/mol. The minimum atomic E-state index is 0.534. The summed E-state index contributed by atoms with van der Waals surface area (Å²) in [4.78, 5) is 0. The first-order chi connectivity index (χ1) is 7.86. The Balaban J connectivity index is 2.54. The second kappa shape index (κ2) is 5.14. The highest BCUT2D eigenvalue weighted by atomic mass is 32.1. The fraction of sp³-hybridized carbons (Fsp3) is 0.231. The first-order valence-electron chi connectivity index (χ1n) is 5.34. The molecule has 16 heavy (non-hydrogen) atoms. The van der Waals surface area contributed by atoms with Gasteiger partial charge in [0.2, 0.25) is 0 Å². The van der Waals surface area contributed by atoms with Crippen LogP contribution in [0.4, 0.5) is 0 Å². The molecule has 0 bridgehead atoms. The second-order valence-electron chi connectivity index (χ2n) is 3.44. The lowest BCUT2D eigenvalue weighted by Crippen LogP contribution is -2.01. The van der Waals surface area contributed by atoms with Crippen LogP contribution in [0.5, 0.6) is 5.75 Å². The van der Waals surface area contributed by atoms with Crippen molar-refractivity contribution < 1.29 is 4.74 Å². The number of nitrogens with two attached hydrogens (primary N) is 1. The van der Waals surface area contributed by atoms with E-state index in [-0.39, 0.29) is 0 Å². The van der Waals surface area contributed by atoms with Crippen LogP contribution in [-0.2, 0) is 6.54 Å². The number of ether oxygens (including phenoxy) is 1. The summed E-state index contributed by atoms with van der Waals surface area (Å²) in [5, 5.41) is 4.19. The van der Waals surface area contributed by atoms with Gasteiger partial charge in [0.25, 0.3) is 0 Å². The first-order valence-corrected chi connectivity index (χ1v) is 6.28. The monoisotopic (exact) mass is 233 g/mol. The predicted molar refractivity (Wildman–Crippen MR) is 68.8 cm³/mol. The summed E-state index contributed by atoms with van der Waals surface area (Å²) in [5.41, 5.74) is 9.22. The highest BCUT2D eigenvalue weighted by Crippen LogP contribution is 2.34. The number of thiophene rings is 1. The third-order valence-corrected chi connectivity index (χ3v) is 3.13. The van der Waals surface area contributed by atoms with Gasteiger partial charge in [-0.2, -0.15) is 11.3 Å². The number of hydrogen-bond acceptors (Lipinski definition) is 3. The van der Waals surface area contributed by atoms with Gasteiger partial charge in [-0.15, -0.1) is 0 Å². The van der Waals surface area contributed by atoms with Gasteiger partial charge in [0.05, 0.1) is 6.61 Å². The van der Waals surface area contributed by atoms with Crippen molar-refractivity contribution in [2.75, 3.05) is 6.61 Å². The third kappa shape index (κ3) is 2.10. The summed E-state index contributed by atoms with van der Waals surface area (Å²) in [7, 11) is 0. The molecule has 0 saturated heterocycles. The average Bonchev–Trinajstić information content (AvgIpc) is 2.82. The molecule has 0 amide bonds. The van der Waals surface area contributed by atoms with Gasteiger partial charge >= 0.3 is 0 Å². The quantitative estimate of drug-likeness (QED) is 0.879. The summed E-state index contributed by atoms with van der Waals surface area (Å²) in [6.45, 7) is 3.20. The molecule has 3 heteroatoms. The van der Waals surface area contributed by atoms with Gasteiger partial charge in [0.15, 0.2) is 0 Å². The summed E-state index contributed by atoms with van der Waals surface area (Å²) < 4.78 is 5.65. The maximum absolute atomic E-state index is 5.77. The Morgan fingerprint density at radius 1 is 1.31 bits per heavy atom. The molecule has 2 N–H and O–H groups in total. The Kier molecular flexibility index (Phi) is 3.59. The van der Waals surface area contributed by atoms with Crippen molar-refractivity contribution in [1.29, 1.82) is 0 Å². The number of rotatable bonds is 4. The maximum atomic E-state index is 5.77. The molecule has 2 nitrogen and oxygen atoms in total. The third-order valence-electron chi connectivity index (χ3n) is 2.44. The normalized spacial score (nSPS) is 10.4. The molecule has 84 valence electrons. The molecule has 0 radical (unpaired) electrons. The van der Waals surface area contributed by atoms with E-state index in [2.05, 4.69) is 22.9 Å². The fourth-order valence-corrected chi connectivity index (χ4v) is 2.40. The summed E-state index contributed by atoms with van der Waals surface area (Å²) >= 11 is 1.68. The Bertz CT molecular complexity index is 451. The van der Waals surface area contributed by atoms with E-state index in [1.54, 1.807) is 11.3 Å². The maximum Gasteiger partial charge on any atom is 0.127 e. The zero-order valence-corrected chi connectivity index (χ0v) is 10.1. The molecule has 0 unspecified atom stereocenters. The van der Waals surface area contributed by atoms with E-state index in [9.17, 15) is 0 Å². The van der Waals surface area contributed by atoms with Crippen LogP contribution in [0.15, 0.2) is 35.0 Å². The molecule has 0 fully saturated rings. The van der Waals surface area contributed by atoms with E-state index in [1.807, 2.05) is 19.1 Å². The Labute approximate surface area is 99.7 Å². The second-order valence-corrected chi connectivity index (χ2v) is 4.22. The van der Waals surface area contributed by atoms with Gasteiger partial charge < -0.3 is 10.5 Å². The lowest BCUT2D eigenvalue weighted by Gasteiger charge is -2.12. The molecule has 0 atom stereocenters. The Morgan fingerprint density at radius 2 is 2.19 bits per heavy atom. The molecule has 0 spiro atoms. The molecular formula is C13H15NOS. The minimum absolute atomic E-state index is 0.534. The van der Waals surface area contributed by atoms with E-state index >= 15 is 0 Å². The van der Waals surface area contributed by atoms with E-state index in [1.165, 1.54) is 5.56 Å². The van der Waals surface area contributed by atoms with E-state index in [4.69, 9.17) is 10.5 Å². The minimum Gasteiger partial charge on any atom is -0.493 e. The molecule has 1 heterocycles. The van der Waals surface area contributed by atoms with E-state index in [0.29, 0.717) is 13.2 Å². The SMILES string of the molecule is CCOc1cccc(CN)c1-c1ccsc1. The fourth-order valence-electron chi connectivity index (χ4n) is 1.76. The smallest absolute Gasteiger partial charge is 0.127 e.